The molecule has 47 heavy (non-hydrogen) atoms. The van der Waals surface area contributed by atoms with E-state index in [1.807, 2.05) is 0 Å². The number of benzene rings is 5. The van der Waals surface area contributed by atoms with Gasteiger partial charge in [0, 0.05) is 46.5 Å². The molecule has 0 saturated heterocycles. The Morgan fingerprint density at radius 1 is 0.638 bits per heavy atom. The summed E-state index contributed by atoms with van der Waals surface area (Å²) >= 11 is 1.80. The Labute approximate surface area is 278 Å². The van der Waals surface area contributed by atoms with Crippen molar-refractivity contribution >= 4 is 49.2 Å². The molecule has 1 aliphatic rings. The van der Waals surface area contributed by atoms with Crippen LogP contribution in [0, 0.1) is 0 Å². The normalized spacial score (nSPS) is 14.6. The highest BCUT2D eigenvalue weighted by Crippen LogP contribution is 2.39. The quantitative estimate of drug-likeness (QED) is 0.184. The van der Waals surface area contributed by atoms with Gasteiger partial charge in [0.15, 0.2) is 0 Å². The molecule has 3 nitrogen and oxygen atoms in total. The van der Waals surface area contributed by atoms with Gasteiger partial charge in [-0.2, -0.15) is 0 Å². The molecule has 1 aliphatic carbocycles. The highest BCUT2D eigenvalue weighted by atomic mass is 32.1. The van der Waals surface area contributed by atoms with Gasteiger partial charge in [0.05, 0.1) is 10.2 Å². The van der Waals surface area contributed by atoms with Gasteiger partial charge in [0.1, 0.15) is 5.01 Å². The van der Waals surface area contributed by atoms with Crippen LogP contribution in [0.1, 0.15) is 17.3 Å². The fourth-order valence-electron chi connectivity index (χ4n) is 6.64. The third kappa shape index (κ3) is 5.23. The lowest BCUT2D eigenvalue weighted by molar-refractivity contribution is 0.832. The minimum Gasteiger partial charge on any atom is -0.323 e. The van der Waals surface area contributed by atoms with Crippen LogP contribution < -0.4 is 4.90 Å². The van der Waals surface area contributed by atoms with Crippen LogP contribution in [0.15, 0.2) is 176 Å². The Kier molecular flexibility index (Phi) is 6.80. The van der Waals surface area contributed by atoms with Crippen molar-refractivity contribution in [2.24, 2.45) is 0 Å². The molecule has 224 valence electrons. The van der Waals surface area contributed by atoms with E-state index in [2.05, 4.69) is 179 Å². The van der Waals surface area contributed by atoms with Crippen molar-refractivity contribution in [2.45, 2.75) is 12.3 Å². The van der Waals surface area contributed by atoms with Gasteiger partial charge in [-0.25, -0.2) is 4.98 Å². The van der Waals surface area contributed by atoms with Crippen molar-refractivity contribution < 1.29 is 0 Å². The molecule has 0 N–H and O–H groups in total. The van der Waals surface area contributed by atoms with E-state index in [9.17, 15) is 0 Å². The largest absolute Gasteiger partial charge is 0.323 e. The van der Waals surface area contributed by atoms with Crippen molar-refractivity contribution in [1.82, 2.24) is 9.38 Å². The van der Waals surface area contributed by atoms with Crippen LogP contribution in [0.5, 0.6) is 0 Å². The number of aromatic nitrogens is 2. The van der Waals surface area contributed by atoms with Gasteiger partial charge >= 0.3 is 0 Å². The van der Waals surface area contributed by atoms with E-state index < -0.39 is 0 Å². The van der Waals surface area contributed by atoms with Crippen molar-refractivity contribution in [3.8, 4) is 22.3 Å². The maximum atomic E-state index is 4.96. The molecular formula is C43H31N3S. The standard InChI is InChI=1S/C43H31N3S/c1-2-8-34-27-35(13-12-30(34)7-1)31-14-20-37(21-15-31)46(38-22-16-32(17-23-38)36-28-40-9-5-6-26-45(40)29-36)39-24-18-33(19-25-39)43-44-41-10-3-4-11-42(41)47-43/h1-18,20-29,33H,19H2/t33-/m0/s1. The summed E-state index contributed by atoms with van der Waals surface area (Å²) in [5.41, 5.74) is 10.6. The number of rotatable bonds is 6. The summed E-state index contributed by atoms with van der Waals surface area (Å²) in [7, 11) is 0. The summed E-state index contributed by atoms with van der Waals surface area (Å²) in [5.74, 6) is 0.277. The van der Waals surface area contributed by atoms with Gasteiger partial charge in [-0.1, -0.05) is 91.0 Å². The molecule has 0 radical (unpaired) electrons. The molecule has 8 aromatic rings. The number of pyridine rings is 1. The lowest BCUT2D eigenvalue weighted by Crippen LogP contribution is -2.17. The van der Waals surface area contributed by atoms with Crippen LogP contribution in [0.25, 0.3) is 48.8 Å². The first-order chi connectivity index (χ1) is 23.2. The molecule has 0 spiro atoms. The van der Waals surface area contributed by atoms with Crippen molar-refractivity contribution in [1.29, 1.82) is 0 Å². The predicted molar refractivity (Wildman–Crippen MR) is 199 cm³/mol. The van der Waals surface area contributed by atoms with Gasteiger partial charge in [-0.05, 0) is 101 Å². The fraction of sp³-hybridized carbons (Fsp3) is 0.0465. The van der Waals surface area contributed by atoms with E-state index in [0.29, 0.717) is 0 Å². The van der Waals surface area contributed by atoms with E-state index in [1.165, 1.54) is 53.9 Å². The van der Waals surface area contributed by atoms with E-state index in [4.69, 9.17) is 4.98 Å². The zero-order chi connectivity index (χ0) is 31.2. The Morgan fingerprint density at radius 3 is 2.09 bits per heavy atom. The Bertz CT molecular complexity index is 2380. The summed E-state index contributed by atoms with van der Waals surface area (Å²) in [6, 6.07) is 50.1. The van der Waals surface area contributed by atoms with Crippen LogP contribution in [0.3, 0.4) is 0 Å². The Balaban J connectivity index is 1.06. The lowest BCUT2D eigenvalue weighted by atomic mass is 9.98. The molecule has 5 aromatic carbocycles. The predicted octanol–water partition coefficient (Wildman–Crippen LogP) is 11.8. The lowest BCUT2D eigenvalue weighted by Gasteiger charge is -2.29. The van der Waals surface area contributed by atoms with Crippen molar-refractivity contribution in [2.75, 3.05) is 4.90 Å². The maximum Gasteiger partial charge on any atom is 0.101 e. The highest BCUT2D eigenvalue weighted by Gasteiger charge is 2.20. The van der Waals surface area contributed by atoms with E-state index in [-0.39, 0.29) is 5.92 Å². The first-order valence-electron chi connectivity index (χ1n) is 16.1. The topological polar surface area (TPSA) is 20.5 Å². The monoisotopic (exact) mass is 621 g/mol. The number of thiazole rings is 1. The smallest absolute Gasteiger partial charge is 0.101 e. The van der Waals surface area contributed by atoms with Crippen LogP contribution in [0.4, 0.5) is 11.4 Å². The molecule has 0 amide bonds. The molecular weight excluding hydrogens is 591 g/mol. The Hall–Kier alpha value is -5.71. The number of hydrogen-bond acceptors (Lipinski definition) is 3. The van der Waals surface area contributed by atoms with Crippen LogP contribution in [0.2, 0.25) is 0 Å². The van der Waals surface area contributed by atoms with Crippen LogP contribution in [-0.4, -0.2) is 9.38 Å². The summed E-state index contributed by atoms with van der Waals surface area (Å²) < 4.78 is 3.42. The number of allylic oxidation sites excluding steroid dienone is 3. The minimum absolute atomic E-state index is 0.277. The summed E-state index contributed by atoms with van der Waals surface area (Å²) in [6.07, 6.45) is 12.2. The molecule has 4 heteroatoms. The number of nitrogens with zero attached hydrogens (tertiary/aromatic N) is 3. The zero-order valence-electron chi connectivity index (χ0n) is 25.7. The van der Waals surface area contributed by atoms with Crippen molar-refractivity contribution in [3.63, 3.8) is 0 Å². The average Bonchev–Trinajstić information content (AvgIpc) is 3.78. The number of hydrogen-bond donors (Lipinski definition) is 0. The first-order valence-corrected chi connectivity index (χ1v) is 16.9. The molecule has 0 fully saturated rings. The third-order valence-electron chi connectivity index (χ3n) is 9.14. The number of para-hydroxylation sites is 1. The van der Waals surface area contributed by atoms with E-state index in [1.54, 1.807) is 11.3 Å². The first kappa shape index (κ1) is 27.6. The minimum atomic E-state index is 0.277. The van der Waals surface area contributed by atoms with Gasteiger partial charge in [-0.3, -0.25) is 0 Å². The summed E-state index contributed by atoms with van der Waals surface area (Å²) in [4.78, 5) is 7.33. The zero-order valence-corrected chi connectivity index (χ0v) is 26.5. The van der Waals surface area contributed by atoms with E-state index >= 15 is 0 Å². The molecule has 3 aromatic heterocycles. The van der Waals surface area contributed by atoms with Crippen LogP contribution in [-0.2, 0) is 0 Å². The van der Waals surface area contributed by atoms with Gasteiger partial charge < -0.3 is 9.30 Å². The fourth-order valence-corrected chi connectivity index (χ4v) is 7.70. The second-order valence-corrected chi connectivity index (χ2v) is 13.2. The third-order valence-corrected chi connectivity index (χ3v) is 10.3. The van der Waals surface area contributed by atoms with Gasteiger partial charge in [-0.15, -0.1) is 11.3 Å². The summed E-state index contributed by atoms with van der Waals surface area (Å²) in [5, 5.41) is 3.69. The van der Waals surface area contributed by atoms with Crippen LogP contribution >= 0.6 is 11.3 Å². The molecule has 9 rings (SSSR count). The maximum absolute atomic E-state index is 4.96. The second kappa shape index (κ2) is 11.6. The molecule has 1 atom stereocenters. The molecule has 3 heterocycles. The number of anilines is 2. The molecule has 0 bridgehead atoms. The second-order valence-electron chi connectivity index (χ2n) is 12.1. The SMILES string of the molecule is C1=C[C@H](c2nc3ccccc3s2)CC=C1N(c1ccc(-c2ccc3ccccc3c2)cc1)c1ccc(-c2cc3ccccn3c2)cc1. The Morgan fingerprint density at radius 2 is 1.34 bits per heavy atom. The molecule has 0 unspecified atom stereocenters. The highest BCUT2D eigenvalue weighted by molar-refractivity contribution is 7.18. The molecule has 0 saturated carbocycles. The van der Waals surface area contributed by atoms with Gasteiger partial charge in [0.25, 0.3) is 0 Å². The average molecular weight is 622 g/mol. The van der Waals surface area contributed by atoms with Crippen molar-refractivity contribution in [3.05, 3.63) is 181 Å². The molecule has 0 aliphatic heterocycles. The van der Waals surface area contributed by atoms with E-state index in [0.717, 1.165) is 23.3 Å². The van der Waals surface area contributed by atoms with Gasteiger partial charge in [0.2, 0.25) is 0 Å². The summed E-state index contributed by atoms with van der Waals surface area (Å²) in [6.45, 7) is 0. The number of fused-ring (bicyclic) bond motifs is 3.